The zero-order chi connectivity index (χ0) is 42.9. The first-order valence-corrected chi connectivity index (χ1v) is 23.2. The maximum atomic E-state index is 12.8. The number of aliphatic hydroxyl groups is 4. The van der Waals surface area contributed by atoms with Gasteiger partial charge in [0.25, 0.3) is 0 Å². The van der Waals surface area contributed by atoms with Gasteiger partial charge in [0.05, 0.1) is 19.8 Å². The molecule has 1 fully saturated rings. The van der Waals surface area contributed by atoms with Crippen LogP contribution in [0.5, 0.6) is 0 Å². The van der Waals surface area contributed by atoms with Crippen LogP contribution in [0.15, 0.2) is 85.1 Å². The average Bonchev–Trinajstić information content (AvgIpc) is 3.24. The summed E-state index contributed by atoms with van der Waals surface area (Å²) in [5, 5.41) is 40.1. The molecule has 6 unspecified atom stereocenters. The van der Waals surface area contributed by atoms with Gasteiger partial charge in [-0.3, -0.25) is 4.79 Å². The van der Waals surface area contributed by atoms with Gasteiger partial charge in [0.1, 0.15) is 30.5 Å². The summed E-state index contributed by atoms with van der Waals surface area (Å²) in [5.74, 6) is -0.373. The molecule has 0 radical (unpaired) electrons. The number of carbonyl (C=O) groups excluding carboxylic acids is 1. The number of allylic oxidation sites excluding steroid dienone is 14. The molecule has 0 aliphatic carbocycles. The van der Waals surface area contributed by atoms with E-state index in [0.29, 0.717) is 13.0 Å². The highest BCUT2D eigenvalue weighted by molar-refractivity contribution is 5.69. The Balaban J connectivity index is 2.31. The summed E-state index contributed by atoms with van der Waals surface area (Å²) in [6.07, 6.45) is 47.6. The lowest BCUT2D eigenvalue weighted by Crippen LogP contribution is -2.59. The van der Waals surface area contributed by atoms with Crippen molar-refractivity contribution in [2.75, 3.05) is 26.4 Å². The van der Waals surface area contributed by atoms with E-state index in [1.54, 1.807) is 0 Å². The minimum atomic E-state index is -1.55. The van der Waals surface area contributed by atoms with Gasteiger partial charge in [-0.2, -0.15) is 0 Å². The van der Waals surface area contributed by atoms with Gasteiger partial charge in [0.2, 0.25) is 0 Å². The Morgan fingerprint density at radius 1 is 0.559 bits per heavy atom. The van der Waals surface area contributed by atoms with Gasteiger partial charge < -0.3 is 39.4 Å². The third-order valence-electron chi connectivity index (χ3n) is 10.1. The second-order valence-corrected chi connectivity index (χ2v) is 15.5. The Morgan fingerprint density at radius 3 is 1.49 bits per heavy atom. The second-order valence-electron chi connectivity index (χ2n) is 15.5. The molecule has 0 amide bonds. The van der Waals surface area contributed by atoms with Crippen molar-refractivity contribution < 1.29 is 44.2 Å². The normalized spacial score (nSPS) is 20.9. The summed E-state index contributed by atoms with van der Waals surface area (Å²) in [5.41, 5.74) is 0. The van der Waals surface area contributed by atoms with Crippen molar-refractivity contribution in [3.8, 4) is 0 Å². The summed E-state index contributed by atoms with van der Waals surface area (Å²) >= 11 is 0. The molecule has 1 aliphatic rings. The van der Waals surface area contributed by atoms with Crippen LogP contribution in [0.1, 0.15) is 162 Å². The molecular formula is C50H84O9. The minimum Gasteiger partial charge on any atom is -0.457 e. The fourth-order valence-corrected chi connectivity index (χ4v) is 6.48. The van der Waals surface area contributed by atoms with Crippen LogP contribution in [0.4, 0.5) is 0 Å². The lowest BCUT2D eigenvalue weighted by atomic mass is 9.99. The van der Waals surface area contributed by atoms with Crippen LogP contribution >= 0.6 is 0 Å². The SMILES string of the molecule is CC/C=C\C/C=C\C/C=C\C/C=C\C/C=C\C/C=C\C/C=C\CCCC(=O)OC(COCCCCCCCCCCCCCCC)COC1OC(CO)C(O)C(O)C1O. The summed E-state index contributed by atoms with van der Waals surface area (Å²) in [6, 6.07) is 0. The fraction of sp³-hybridized carbons (Fsp3) is 0.700. The standard InChI is InChI=1S/C50H84O9/c1-3-5-7-9-11-13-15-17-18-19-20-21-22-23-24-25-26-27-29-31-33-35-37-39-46(52)58-44(43-57-50-49(55)48(54)47(53)45(41-51)59-50)42-56-40-38-36-34-32-30-28-16-14-12-10-8-6-4-2/h5,7,11,13,17-18,20-21,23-24,26-27,31,33,44-45,47-51,53-55H,3-4,6,8-10,12,14-16,19,22,25,28-30,32,34-43H2,1-2H3/b7-5-,13-11-,18-17-,21-20-,24-23-,27-26-,33-31-. The van der Waals surface area contributed by atoms with E-state index in [1.807, 2.05) is 0 Å². The highest BCUT2D eigenvalue weighted by Crippen LogP contribution is 2.22. The molecule has 1 aliphatic heterocycles. The monoisotopic (exact) mass is 829 g/mol. The number of aliphatic hydroxyl groups excluding tert-OH is 4. The van der Waals surface area contributed by atoms with Crippen LogP contribution in [0.3, 0.4) is 0 Å². The molecule has 0 bridgehead atoms. The highest BCUT2D eigenvalue weighted by atomic mass is 16.7. The van der Waals surface area contributed by atoms with E-state index in [2.05, 4.69) is 98.9 Å². The van der Waals surface area contributed by atoms with Crippen molar-refractivity contribution in [3.63, 3.8) is 0 Å². The maximum Gasteiger partial charge on any atom is 0.306 e. The van der Waals surface area contributed by atoms with Gasteiger partial charge in [-0.25, -0.2) is 0 Å². The molecule has 6 atom stereocenters. The van der Waals surface area contributed by atoms with Crippen LogP contribution < -0.4 is 0 Å². The van der Waals surface area contributed by atoms with E-state index in [9.17, 15) is 25.2 Å². The van der Waals surface area contributed by atoms with E-state index < -0.39 is 43.4 Å². The summed E-state index contributed by atoms with van der Waals surface area (Å²) in [4.78, 5) is 12.8. The predicted molar refractivity (Wildman–Crippen MR) is 242 cm³/mol. The van der Waals surface area contributed by atoms with E-state index in [-0.39, 0.29) is 25.6 Å². The Hall–Kier alpha value is -2.63. The number of hydrogen-bond donors (Lipinski definition) is 4. The minimum absolute atomic E-state index is 0.118. The number of unbranched alkanes of at least 4 members (excludes halogenated alkanes) is 13. The van der Waals surface area contributed by atoms with Crippen molar-refractivity contribution in [3.05, 3.63) is 85.1 Å². The van der Waals surface area contributed by atoms with Gasteiger partial charge in [-0.15, -0.1) is 0 Å². The van der Waals surface area contributed by atoms with Crippen molar-refractivity contribution >= 4 is 5.97 Å². The molecule has 338 valence electrons. The molecule has 1 heterocycles. The van der Waals surface area contributed by atoms with Gasteiger partial charge in [0.15, 0.2) is 6.29 Å². The molecular weight excluding hydrogens is 745 g/mol. The smallest absolute Gasteiger partial charge is 0.306 e. The third-order valence-corrected chi connectivity index (χ3v) is 10.1. The molecule has 0 aromatic rings. The van der Waals surface area contributed by atoms with Crippen LogP contribution in [-0.2, 0) is 23.7 Å². The van der Waals surface area contributed by atoms with E-state index in [1.165, 1.54) is 70.6 Å². The molecule has 0 aromatic heterocycles. The number of rotatable bonds is 38. The maximum absolute atomic E-state index is 12.8. The van der Waals surface area contributed by atoms with E-state index in [0.717, 1.165) is 64.2 Å². The second kappa shape index (κ2) is 40.8. The largest absolute Gasteiger partial charge is 0.457 e. The lowest BCUT2D eigenvalue weighted by molar-refractivity contribution is -0.305. The Kier molecular flexibility index (Phi) is 37.6. The van der Waals surface area contributed by atoms with E-state index in [4.69, 9.17) is 18.9 Å². The summed E-state index contributed by atoms with van der Waals surface area (Å²) in [7, 11) is 0. The van der Waals surface area contributed by atoms with Crippen molar-refractivity contribution in [2.24, 2.45) is 0 Å². The third kappa shape index (κ3) is 31.8. The Morgan fingerprint density at radius 2 is 1.02 bits per heavy atom. The zero-order valence-corrected chi connectivity index (χ0v) is 37.0. The highest BCUT2D eigenvalue weighted by Gasteiger charge is 2.44. The Bertz CT molecular complexity index is 1170. The first-order chi connectivity index (χ1) is 28.9. The number of ether oxygens (including phenoxy) is 4. The van der Waals surface area contributed by atoms with Gasteiger partial charge in [0, 0.05) is 13.0 Å². The number of esters is 1. The van der Waals surface area contributed by atoms with E-state index >= 15 is 0 Å². The van der Waals surface area contributed by atoms with Crippen LogP contribution in [0.25, 0.3) is 0 Å². The van der Waals surface area contributed by atoms with Crippen LogP contribution in [0.2, 0.25) is 0 Å². The molecule has 59 heavy (non-hydrogen) atoms. The number of hydrogen-bond acceptors (Lipinski definition) is 9. The Labute approximate surface area is 359 Å². The quantitative estimate of drug-likeness (QED) is 0.0272. The molecule has 0 saturated carbocycles. The fourth-order valence-electron chi connectivity index (χ4n) is 6.48. The van der Waals surface area contributed by atoms with Crippen LogP contribution in [0, 0.1) is 0 Å². The molecule has 1 saturated heterocycles. The molecule has 0 spiro atoms. The molecule has 0 aromatic carbocycles. The van der Waals surface area contributed by atoms with Crippen molar-refractivity contribution in [1.82, 2.24) is 0 Å². The first kappa shape index (κ1) is 54.4. The van der Waals surface area contributed by atoms with Crippen LogP contribution in [-0.4, -0.2) is 89.6 Å². The van der Waals surface area contributed by atoms with Crippen molar-refractivity contribution in [2.45, 2.75) is 198 Å². The zero-order valence-electron chi connectivity index (χ0n) is 37.0. The van der Waals surface area contributed by atoms with Gasteiger partial charge in [-0.05, 0) is 64.2 Å². The van der Waals surface area contributed by atoms with Crippen molar-refractivity contribution in [1.29, 1.82) is 0 Å². The summed E-state index contributed by atoms with van der Waals surface area (Å²) in [6.45, 7) is 4.36. The first-order valence-electron chi connectivity index (χ1n) is 23.2. The average molecular weight is 829 g/mol. The lowest BCUT2D eigenvalue weighted by Gasteiger charge is -2.39. The summed E-state index contributed by atoms with van der Waals surface area (Å²) < 4.78 is 22.7. The topological polar surface area (TPSA) is 135 Å². The molecule has 9 heteroatoms. The van der Waals surface area contributed by atoms with Gasteiger partial charge >= 0.3 is 5.97 Å². The number of carbonyl (C=O) groups is 1. The molecule has 4 N–H and O–H groups in total. The predicted octanol–water partition coefficient (Wildman–Crippen LogP) is 10.6. The molecule has 9 nitrogen and oxygen atoms in total. The van der Waals surface area contributed by atoms with Gasteiger partial charge in [-0.1, -0.05) is 176 Å². The molecule has 1 rings (SSSR count).